The molecule has 0 saturated carbocycles. The van der Waals surface area contributed by atoms with Crippen LogP contribution in [0, 0.1) is 10.1 Å². The zero-order valence-electron chi connectivity index (χ0n) is 9.77. The van der Waals surface area contributed by atoms with Gasteiger partial charge in [0.2, 0.25) is 0 Å². The summed E-state index contributed by atoms with van der Waals surface area (Å²) in [7, 11) is 0. The fourth-order valence-corrected chi connectivity index (χ4v) is 2.25. The minimum absolute atomic E-state index is 0.00496. The van der Waals surface area contributed by atoms with Crippen LogP contribution >= 0.6 is 27.5 Å². The number of nitro benzene ring substituents is 1. The van der Waals surface area contributed by atoms with Crippen molar-refractivity contribution in [2.24, 2.45) is 0 Å². The SMILES string of the molecule is O=[N+]([O-])c1ccc(CNc2ccccc2Br)c(Cl)c1. The lowest BCUT2D eigenvalue weighted by Crippen LogP contribution is -2.01. The highest BCUT2D eigenvalue weighted by atomic mass is 79.9. The van der Waals surface area contributed by atoms with Gasteiger partial charge in [0.15, 0.2) is 0 Å². The molecular formula is C13H10BrClN2O2. The molecule has 0 amide bonds. The number of halogens is 2. The lowest BCUT2D eigenvalue weighted by Gasteiger charge is -2.09. The number of rotatable bonds is 4. The molecule has 2 rings (SSSR count). The minimum Gasteiger partial charge on any atom is -0.380 e. The molecule has 98 valence electrons. The Hall–Kier alpha value is -1.59. The first-order chi connectivity index (χ1) is 9.08. The lowest BCUT2D eigenvalue weighted by molar-refractivity contribution is -0.384. The molecule has 1 N–H and O–H groups in total. The molecule has 0 fully saturated rings. The molecule has 0 saturated heterocycles. The van der Waals surface area contributed by atoms with Crippen LogP contribution in [0.3, 0.4) is 0 Å². The van der Waals surface area contributed by atoms with E-state index in [1.807, 2.05) is 24.3 Å². The van der Waals surface area contributed by atoms with Gasteiger partial charge in [-0.25, -0.2) is 0 Å². The van der Waals surface area contributed by atoms with Gasteiger partial charge in [-0.3, -0.25) is 10.1 Å². The second kappa shape index (κ2) is 6.04. The highest BCUT2D eigenvalue weighted by Crippen LogP contribution is 2.25. The Morgan fingerprint density at radius 1 is 1.26 bits per heavy atom. The topological polar surface area (TPSA) is 55.2 Å². The lowest BCUT2D eigenvalue weighted by atomic mass is 10.2. The number of anilines is 1. The minimum atomic E-state index is -0.461. The standard InChI is InChI=1S/C13H10BrClN2O2/c14-11-3-1-2-4-13(11)16-8-9-5-6-10(17(18)19)7-12(9)15/h1-7,16H,8H2. The van der Waals surface area contributed by atoms with Crippen LogP contribution in [0.25, 0.3) is 0 Å². The van der Waals surface area contributed by atoms with Gasteiger partial charge in [-0.2, -0.15) is 0 Å². The van der Waals surface area contributed by atoms with Gasteiger partial charge in [-0.15, -0.1) is 0 Å². The maximum Gasteiger partial charge on any atom is 0.270 e. The summed E-state index contributed by atoms with van der Waals surface area (Å²) < 4.78 is 0.952. The van der Waals surface area contributed by atoms with Crippen LogP contribution in [-0.4, -0.2) is 4.92 Å². The van der Waals surface area contributed by atoms with Crippen molar-refractivity contribution >= 4 is 38.9 Å². The molecular weight excluding hydrogens is 332 g/mol. The van der Waals surface area contributed by atoms with Crippen LogP contribution in [0.2, 0.25) is 5.02 Å². The van der Waals surface area contributed by atoms with Gasteiger partial charge in [0.25, 0.3) is 5.69 Å². The number of para-hydroxylation sites is 1. The second-order valence-corrected chi connectivity index (χ2v) is 5.13. The first-order valence-corrected chi connectivity index (χ1v) is 6.66. The molecule has 0 bridgehead atoms. The highest BCUT2D eigenvalue weighted by molar-refractivity contribution is 9.10. The van der Waals surface area contributed by atoms with E-state index in [2.05, 4.69) is 21.2 Å². The average molecular weight is 342 g/mol. The third-order valence-corrected chi connectivity index (χ3v) is 3.63. The Morgan fingerprint density at radius 2 is 2.00 bits per heavy atom. The Balaban J connectivity index is 2.12. The fraction of sp³-hybridized carbons (Fsp3) is 0.0769. The largest absolute Gasteiger partial charge is 0.380 e. The summed E-state index contributed by atoms with van der Waals surface area (Å²) in [6, 6.07) is 12.2. The van der Waals surface area contributed by atoms with E-state index in [4.69, 9.17) is 11.6 Å². The Morgan fingerprint density at radius 3 is 2.63 bits per heavy atom. The molecule has 2 aromatic carbocycles. The smallest absolute Gasteiger partial charge is 0.270 e. The van der Waals surface area contributed by atoms with Crippen LogP contribution in [0.4, 0.5) is 11.4 Å². The molecule has 2 aromatic rings. The second-order valence-electron chi connectivity index (χ2n) is 3.87. The first kappa shape index (κ1) is 13.8. The Bertz CT molecular complexity index is 619. The number of nitrogens with one attached hydrogen (secondary N) is 1. The zero-order chi connectivity index (χ0) is 13.8. The van der Waals surface area contributed by atoms with Gasteiger partial charge >= 0.3 is 0 Å². The Labute approximate surface area is 123 Å². The highest BCUT2D eigenvalue weighted by Gasteiger charge is 2.09. The van der Waals surface area contributed by atoms with E-state index in [0.717, 1.165) is 15.7 Å². The molecule has 19 heavy (non-hydrogen) atoms. The van der Waals surface area contributed by atoms with Gasteiger partial charge in [0, 0.05) is 28.8 Å². The number of nitrogens with zero attached hydrogens (tertiary/aromatic N) is 1. The summed E-state index contributed by atoms with van der Waals surface area (Å²) >= 11 is 9.46. The fourth-order valence-electron chi connectivity index (χ4n) is 1.59. The van der Waals surface area contributed by atoms with E-state index >= 15 is 0 Å². The van der Waals surface area contributed by atoms with Crippen molar-refractivity contribution in [3.05, 3.63) is 67.6 Å². The van der Waals surface area contributed by atoms with E-state index in [0.29, 0.717) is 11.6 Å². The quantitative estimate of drug-likeness (QED) is 0.652. The number of benzene rings is 2. The van der Waals surface area contributed by atoms with E-state index in [1.54, 1.807) is 6.07 Å². The van der Waals surface area contributed by atoms with Gasteiger partial charge < -0.3 is 5.32 Å². The summed E-state index contributed by atoms with van der Waals surface area (Å²) in [5.74, 6) is 0. The summed E-state index contributed by atoms with van der Waals surface area (Å²) in [6.45, 7) is 0.499. The molecule has 0 heterocycles. The van der Waals surface area contributed by atoms with Crippen LogP contribution in [0.5, 0.6) is 0 Å². The van der Waals surface area contributed by atoms with Crippen molar-refractivity contribution in [1.82, 2.24) is 0 Å². The number of hydrogen-bond acceptors (Lipinski definition) is 3. The molecule has 0 aliphatic heterocycles. The number of hydrogen-bond donors (Lipinski definition) is 1. The molecule has 0 aliphatic rings. The summed E-state index contributed by atoms with van der Waals surface area (Å²) in [5.41, 5.74) is 1.74. The molecule has 0 aliphatic carbocycles. The average Bonchev–Trinajstić information content (AvgIpc) is 2.39. The van der Waals surface area contributed by atoms with E-state index in [1.165, 1.54) is 12.1 Å². The summed E-state index contributed by atoms with van der Waals surface area (Å²) in [6.07, 6.45) is 0. The molecule has 4 nitrogen and oxygen atoms in total. The predicted octanol–water partition coefficient (Wildman–Crippen LogP) is 4.62. The maximum atomic E-state index is 10.6. The third kappa shape index (κ3) is 3.45. The van der Waals surface area contributed by atoms with Gasteiger partial charge in [0.1, 0.15) is 0 Å². The van der Waals surface area contributed by atoms with Crippen LogP contribution in [-0.2, 0) is 6.54 Å². The monoisotopic (exact) mass is 340 g/mol. The normalized spacial score (nSPS) is 10.2. The summed E-state index contributed by atoms with van der Waals surface area (Å²) in [5, 5.41) is 14.2. The number of nitro groups is 1. The van der Waals surface area contributed by atoms with Crippen LogP contribution < -0.4 is 5.32 Å². The van der Waals surface area contributed by atoms with Crippen molar-refractivity contribution in [3.8, 4) is 0 Å². The van der Waals surface area contributed by atoms with E-state index in [9.17, 15) is 10.1 Å². The van der Waals surface area contributed by atoms with Crippen LogP contribution in [0.1, 0.15) is 5.56 Å². The van der Waals surface area contributed by atoms with Crippen molar-refractivity contribution in [3.63, 3.8) is 0 Å². The van der Waals surface area contributed by atoms with Gasteiger partial charge in [0.05, 0.1) is 9.95 Å². The molecule has 0 unspecified atom stereocenters. The van der Waals surface area contributed by atoms with Crippen molar-refractivity contribution in [2.45, 2.75) is 6.54 Å². The first-order valence-electron chi connectivity index (χ1n) is 5.49. The summed E-state index contributed by atoms with van der Waals surface area (Å²) in [4.78, 5) is 10.2. The zero-order valence-corrected chi connectivity index (χ0v) is 12.1. The number of non-ortho nitro benzene ring substituents is 1. The van der Waals surface area contributed by atoms with Gasteiger partial charge in [-0.1, -0.05) is 23.7 Å². The van der Waals surface area contributed by atoms with E-state index < -0.39 is 4.92 Å². The van der Waals surface area contributed by atoms with Crippen molar-refractivity contribution < 1.29 is 4.92 Å². The Kier molecular flexibility index (Phi) is 4.39. The third-order valence-electron chi connectivity index (χ3n) is 2.59. The maximum absolute atomic E-state index is 10.6. The molecule has 0 atom stereocenters. The van der Waals surface area contributed by atoms with Crippen molar-refractivity contribution in [1.29, 1.82) is 0 Å². The molecule has 6 heteroatoms. The van der Waals surface area contributed by atoms with Gasteiger partial charge in [-0.05, 0) is 39.7 Å². The predicted molar refractivity (Wildman–Crippen MR) is 79.6 cm³/mol. The molecule has 0 radical (unpaired) electrons. The molecule has 0 spiro atoms. The molecule has 0 aromatic heterocycles. The van der Waals surface area contributed by atoms with E-state index in [-0.39, 0.29) is 5.69 Å². The van der Waals surface area contributed by atoms with Crippen LogP contribution in [0.15, 0.2) is 46.9 Å². The van der Waals surface area contributed by atoms with Crippen molar-refractivity contribution in [2.75, 3.05) is 5.32 Å².